The molecule has 1 fully saturated rings. The summed E-state index contributed by atoms with van der Waals surface area (Å²) in [5.74, 6) is 0. The van der Waals surface area contributed by atoms with Gasteiger partial charge in [-0.1, -0.05) is 30.3 Å². The molecule has 1 aromatic rings. The van der Waals surface area contributed by atoms with Crippen LogP contribution < -0.4 is 5.32 Å². The van der Waals surface area contributed by atoms with Gasteiger partial charge in [0, 0.05) is 26.2 Å². The molecular weight excluding hydrogens is 248 g/mol. The van der Waals surface area contributed by atoms with Gasteiger partial charge in [0.15, 0.2) is 0 Å². The number of benzene rings is 1. The van der Waals surface area contributed by atoms with Crippen molar-refractivity contribution in [3.05, 3.63) is 35.9 Å². The number of hydrogen-bond donors (Lipinski definition) is 2. The lowest BCUT2D eigenvalue weighted by molar-refractivity contribution is -0.122. The second-order valence-electron chi connectivity index (χ2n) is 3.88. The number of carboxylic acid groups (broad SMARTS) is 1. The average Bonchev–Trinajstić information content (AvgIpc) is 2.47. The normalized spacial score (nSPS) is 14.0. The first-order valence-electron chi connectivity index (χ1n) is 6.02. The number of nitrogens with zero attached hydrogens (tertiary/aromatic N) is 1. The number of carbonyl (C=O) groups excluding carboxylic acids is 1. The van der Waals surface area contributed by atoms with Gasteiger partial charge in [-0.3, -0.25) is 4.79 Å². The van der Waals surface area contributed by atoms with Crippen molar-refractivity contribution >= 4 is 12.6 Å². The molecular formula is C13H18N2O4. The van der Waals surface area contributed by atoms with E-state index in [1.807, 2.05) is 30.3 Å². The van der Waals surface area contributed by atoms with Gasteiger partial charge in [0.05, 0.1) is 0 Å². The first-order valence-corrected chi connectivity index (χ1v) is 6.02. The van der Waals surface area contributed by atoms with E-state index in [0.29, 0.717) is 6.61 Å². The SMILES string of the molecule is O=C(OCc1ccccc1)N1CCNCC1.O=CO. The summed E-state index contributed by atoms with van der Waals surface area (Å²) in [6.45, 7) is 3.26. The van der Waals surface area contributed by atoms with E-state index in [-0.39, 0.29) is 12.6 Å². The molecule has 0 radical (unpaired) electrons. The summed E-state index contributed by atoms with van der Waals surface area (Å²) in [5, 5.41) is 10.1. The van der Waals surface area contributed by atoms with Crippen molar-refractivity contribution in [1.82, 2.24) is 10.2 Å². The molecule has 1 saturated heterocycles. The van der Waals surface area contributed by atoms with Crippen LogP contribution in [0.2, 0.25) is 0 Å². The highest BCUT2D eigenvalue weighted by atomic mass is 16.6. The highest BCUT2D eigenvalue weighted by Gasteiger charge is 2.16. The van der Waals surface area contributed by atoms with Gasteiger partial charge in [0.1, 0.15) is 6.61 Å². The molecule has 0 aliphatic carbocycles. The Kier molecular flexibility index (Phi) is 7.04. The maximum atomic E-state index is 11.6. The van der Waals surface area contributed by atoms with Gasteiger partial charge >= 0.3 is 6.09 Å². The molecule has 0 unspecified atom stereocenters. The summed E-state index contributed by atoms with van der Waals surface area (Å²) in [7, 11) is 0. The smallest absolute Gasteiger partial charge is 0.410 e. The zero-order valence-corrected chi connectivity index (χ0v) is 10.6. The fraction of sp³-hybridized carbons (Fsp3) is 0.385. The van der Waals surface area contributed by atoms with Crippen LogP contribution in [0.5, 0.6) is 0 Å². The minimum absolute atomic E-state index is 0.217. The van der Waals surface area contributed by atoms with Gasteiger partial charge in [-0.05, 0) is 5.56 Å². The van der Waals surface area contributed by atoms with E-state index in [1.54, 1.807) is 4.90 Å². The maximum absolute atomic E-state index is 11.6. The van der Waals surface area contributed by atoms with E-state index < -0.39 is 0 Å². The molecule has 0 atom stereocenters. The number of ether oxygens (including phenoxy) is 1. The Balaban J connectivity index is 0.000000550. The summed E-state index contributed by atoms with van der Waals surface area (Å²) in [6, 6.07) is 9.72. The number of amides is 1. The van der Waals surface area contributed by atoms with E-state index in [9.17, 15) is 4.79 Å². The molecule has 19 heavy (non-hydrogen) atoms. The third-order valence-electron chi connectivity index (χ3n) is 2.58. The largest absolute Gasteiger partial charge is 0.483 e. The van der Waals surface area contributed by atoms with Crippen LogP contribution in [0.25, 0.3) is 0 Å². The summed E-state index contributed by atoms with van der Waals surface area (Å²) >= 11 is 0. The van der Waals surface area contributed by atoms with Crippen LogP contribution in [0.3, 0.4) is 0 Å². The monoisotopic (exact) mass is 266 g/mol. The van der Waals surface area contributed by atoms with E-state index in [2.05, 4.69) is 5.32 Å². The molecule has 0 bridgehead atoms. The van der Waals surface area contributed by atoms with Crippen molar-refractivity contribution in [3.8, 4) is 0 Å². The van der Waals surface area contributed by atoms with Gasteiger partial charge in [-0.2, -0.15) is 0 Å². The van der Waals surface area contributed by atoms with Gasteiger partial charge < -0.3 is 20.1 Å². The first kappa shape index (κ1) is 15.0. The number of carbonyl (C=O) groups is 2. The van der Waals surface area contributed by atoms with Crippen LogP contribution in [0, 0.1) is 0 Å². The van der Waals surface area contributed by atoms with Gasteiger partial charge in [0.25, 0.3) is 6.47 Å². The number of hydrogen-bond acceptors (Lipinski definition) is 4. The third kappa shape index (κ3) is 5.87. The fourth-order valence-corrected chi connectivity index (χ4v) is 1.66. The van der Waals surface area contributed by atoms with Crippen molar-refractivity contribution in [3.63, 3.8) is 0 Å². The lowest BCUT2D eigenvalue weighted by Crippen LogP contribution is -2.46. The zero-order chi connectivity index (χ0) is 13.9. The van der Waals surface area contributed by atoms with Gasteiger partial charge in [-0.25, -0.2) is 4.79 Å². The molecule has 1 aliphatic heterocycles. The minimum atomic E-state index is -0.250. The van der Waals surface area contributed by atoms with E-state index >= 15 is 0 Å². The zero-order valence-electron chi connectivity index (χ0n) is 10.6. The molecule has 1 aliphatic rings. The van der Waals surface area contributed by atoms with Crippen LogP contribution in [0.15, 0.2) is 30.3 Å². The molecule has 104 valence electrons. The highest BCUT2D eigenvalue weighted by molar-refractivity contribution is 5.67. The summed E-state index contributed by atoms with van der Waals surface area (Å²) in [6.07, 6.45) is -0.217. The third-order valence-corrected chi connectivity index (χ3v) is 2.58. The quantitative estimate of drug-likeness (QED) is 0.778. The molecule has 2 N–H and O–H groups in total. The average molecular weight is 266 g/mol. The predicted molar refractivity (Wildman–Crippen MR) is 69.8 cm³/mol. The van der Waals surface area contributed by atoms with Crippen molar-refractivity contribution in [1.29, 1.82) is 0 Å². The Morgan fingerprint density at radius 1 is 1.32 bits per heavy atom. The van der Waals surface area contributed by atoms with Crippen LogP contribution in [-0.4, -0.2) is 48.8 Å². The second-order valence-corrected chi connectivity index (χ2v) is 3.88. The van der Waals surface area contributed by atoms with Crippen molar-refractivity contribution in [2.24, 2.45) is 0 Å². The molecule has 0 aromatic heterocycles. The highest BCUT2D eigenvalue weighted by Crippen LogP contribution is 2.03. The Labute approximate surface area is 112 Å². The Morgan fingerprint density at radius 3 is 2.47 bits per heavy atom. The van der Waals surface area contributed by atoms with E-state index in [0.717, 1.165) is 31.7 Å². The summed E-state index contributed by atoms with van der Waals surface area (Å²) < 4.78 is 5.23. The molecule has 6 heteroatoms. The summed E-state index contributed by atoms with van der Waals surface area (Å²) in [4.78, 5) is 21.7. The molecule has 1 heterocycles. The topological polar surface area (TPSA) is 78.9 Å². The van der Waals surface area contributed by atoms with Crippen LogP contribution >= 0.6 is 0 Å². The number of piperazine rings is 1. The van der Waals surface area contributed by atoms with E-state index in [1.165, 1.54) is 0 Å². The van der Waals surface area contributed by atoms with Crippen LogP contribution in [-0.2, 0) is 16.1 Å². The van der Waals surface area contributed by atoms with Crippen molar-refractivity contribution in [2.75, 3.05) is 26.2 Å². The maximum Gasteiger partial charge on any atom is 0.410 e. The summed E-state index contributed by atoms with van der Waals surface area (Å²) in [5.41, 5.74) is 1.02. The minimum Gasteiger partial charge on any atom is -0.483 e. The van der Waals surface area contributed by atoms with Gasteiger partial charge in [0.2, 0.25) is 0 Å². The van der Waals surface area contributed by atoms with Crippen LogP contribution in [0.4, 0.5) is 4.79 Å². The molecule has 0 spiro atoms. The molecule has 0 saturated carbocycles. The van der Waals surface area contributed by atoms with Crippen molar-refractivity contribution < 1.29 is 19.4 Å². The number of rotatable bonds is 2. The van der Waals surface area contributed by atoms with Crippen LogP contribution in [0.1, 0.15) is 5.56 Å². The Hall–Kier alpha value is -2.08. The molecule has 6 nitrogen and oxygen atoms in total. The van der Waals surface area contributed by atoms with Crippen molar-refractivity contribution in [2.45, 2.75) is 6.61 Å². The lowest BCUT2D eigenvalue weighted by atomic mass is 10.2. The fourth-order valence-electron chi connectivity index (χ4n) is 1.66. The van der Waals surface area contributed by atoms with E-state index in [4.69, 9.17) is 14.6 Å². The second kappa shape index (κ2) is 8.93. The molecule has 2 rings (SSSR count). The lowest BCUT2D eigenvalue weighted by Gasteiger charge is -2.26. The predicted octanol–water partition coefficient (Wildman–Crippen LogP) is 0.929. The Morgan fingerprint density at radius 2 is 1.89 bits per heavy atom. The number of nitrogens with one attached hydrogen (secondary N) is 1. The molecule has 1 amide bonds. The van der Waals surface area contributed by atoms with Gasteiger partial charge in [-0.15, -0.1) is 0 Å². The standard InChI is InChI=1S/C12H16N2O2.CH2O2/c15-12(14-8-6-13-7-9-14)16-10-11-4-2-1-3-5-11;2-1-3/h1-5,13H,6-10H2;1H,(H,2,3). The first-order chi connectivity index (χ1) is 9.27. The molecule has 1 aromatic carbocycles. The Bertz CT molecular complexity index is 377.